The number of piperidine rings is 1. The van der Waals surface area contributed by atoms with E-state index in [2.05, 4.69) is 110 Å². The number of hydrogen-bond donors (Lipinski definition) is 1. The van der Waals surface area contributed by atoms with Crippen molar-refractivity contribution < 1.29 is 9.90 Å². The van der Waals surface area contributed by atoms with Gasteiger partial charge in [0.05, 0.1) is 5.69 Å². The van der Waals surface area contributed by atoms with Crippen molar-refractivity contribution in [1.82, 2.24) is 19.6 Å². The van der Waals surface area contributed by atoms with Crippen LogP contribution in [0.3, 0.4) is 0 Å². The van der Waals surface area contributed by atoms with Crippen molar-refractivity contribution in [3.8, 4) is 0 Å². The highest BCUT2D eigenvalue weighted by molar-refractivity contribution is 5.73. The minimum atomic E-state index is -0.687. The molecule has 1 saturated carbocycles. The number of nitrogens with zero attached hydrogens (tertiary/aromatic N) is 4. The average Bonchev–Trinajstić information content (AvgIpc) is 3.62. The smallest absolute Gasteiger partial charge is 0.321 e. The molecule has 2 aromatic carbocycles. The lowest BCUT2D eigenvalue weighted by atomic mass is 9.86. The molecule has 6 heteroatoms. The molecule has 1 saturated heterocycles. The van der Waals surface area contributed by atoms with E-state index in [1.807, 2.05) is 0 Å². The van der Waals surface area contributed by atoms with Crippen LogP contribution in [0.5, 0.6) is 0 Å². The number of hydrogen-bond acceptors (Lipinski definition) is 4. The Morgan fingerprint density at radius 2 is 1.79 bits per heavy atom. The van der Waals surface area contributed by atoms with E-state index in [9.17, 15) is 9.90 Å². The molecule has 5 atom stereocenters. The zero-order chi connectivity index (χ0) is 30.5. The topological polar surface area (TPSA) is 61.6 Å². The van der Waals surface area contributed by atoms with E-state index in [0.717, 1.165) is 64.7 Å². The van der Waals surface area contributed by atoms with Gasteiger partial charge in [0.15, 0.2) is 0 Å². The van der Waals surface area contributed by atoms with Crippen LogP contribution >= 0.6 is 0 Å². The second-order valence-electron chi connectivity index (χ2n) is 13.4. The monoisotopic (exact) mass is 584 g/mol. The molecule has 232 valence electrons. The van der Waals surface area contributed by atoms with E-state index in [1.165, 1.54) is 28.1 Å². The number of benzene rings is 2. The molecule has 1 unspecified atom stereocenters. The molecule has 1 aliphatic carbocycles. The van der Waals surface area contributed by atoms with Gasteiger partial charge in [0.2, 0.25) is 0 Å². The summed E-state index contributed by atoms with van der Waals surface area (Å²) in [4.78, 5) is 17.2. The Balaban J connectivity index is 1.26. The largest absolute Gasteiger partial charge is 0.480 e. The number of aliphatic carboxylic acids is 1. The van der Waals surface area contributed by atoms with Gasteiger partial charge in [-0.1, -0.05) is 80.4 Å². The summed E-state index contributed by atoms with van der Waals surface area (Å²) in [6.07, 6.45) is 6.17. The van der Waals surface area contributed by atoms with E-state index >= 15 is 0 Å². The summed E-state index contributed by atoms with van der Waals surface area (Å²) in [6.45, 7) is 12.8. The van der Waals surface area contributed by atoms with Crippen LogP contribution in [-0.2, 0) is 17.8 Å². The van der Waals surface area contributed by atoms with Gasteiger partial charge in [0.25, 0.3) is 0 Å². The summed E-state index contributed by atoms with van der Waals surface area (Å²) in [5.74, 6) is 0.972. The molecule has 6 nitrogen and oxygen atoms in total. The maximum atomic E-state index is 12.3. The zero-order valence-electron chi connectivity index (χ0n) is 27.0. The maximum Gasteiger partial charge on any atom is 0.321 e. The summed E-state index contributed by atoms with van der Waals surface area (Å²) < 4.78 is 2.24. The summed E-state index contributed by atoms with van der Waals surface area (Å²) in [6, 6.07) is 21.9. The van der Waals surface area contributed by atoms with Crippen molar-refractivity contribution in [2.45, 2.75) is 96.7 Å². The second kappa shape index (κ2) is 14.2. The van der Waals surface area contributed by atoms with Crippen LogP contribution in [0.25, 0.3) is 0 Å². The molecule has 1 N–H and O–H groups in total. The zero-order valence-corrected chi connectivity index (χ0v) is 27.0. The normalized spacial score (nSPS) is 23.1. The van der Waals surface area contributed by atoms with Gasteiger partial charge in [-0.05, 0) is 94.6 Å². The first-order chi connectivity index (χ1) is 20.8. The molecule has 2 heterocycles. The minimum Gasteiger partial charge on any atom is -0.480 e. The lowest BCUT2D eigenvalue weighted by molar-refractivity contribution is -0.145. The Morgan fingerprint density at radius 3 is 2.44 bits per heavy atom. The van der Waals surface area contributed by atoms with E-state index in [-0.39, 0.29) is 12.0 Å². The molecule has 5 rings (SSSR count). The molecular formula is C37H52N4O2. The lowest BCUT2D eigenvalue weighted by Gasteiger charge is -2.35. The summed E-state index contributed by atoms with van der Waals surface area (Å²) in [5, 5.41) is 15.1. The van der Waals surface area contributed by atoms with Crippen molar-refractivity contribution in [3.05, 3.63) is 88.7 Å². The Kier molecular flexibility index (Phi) is 10.4. The second-order valence-corrected chi connectivity index (χ2v) is 13.4. The first kappa shape index (κ1) is 31.5. The molecule has 3 aromatic rings. The van der Waals surface area contributed by atoms with E-state index in [4.69, 9.17) is 5.10 Å². The molecule has 43 heavy (non-hydrogen) atoms. The van der Waals surface area contributed by atoms with Gasteiger partial charge in [-0.2, -0.15) is 5.10 Å². The van der Waals surface area contributed by atoms with Crippen LogP contribution in [0, 0.1) is 18.8 Å². The van der Waals surface area contributed by atoms with E-state index in [0.29, 0.717) is 17.8 Å². The van der Waals surface area contributed by atoms with Gasteiger partial charge in [0, 0.05) is 37.2 Å². The van der Waals surface area contributed by atoms with Crippen LogP contribution in [0.2, 0.25) is 0 Å². The Morgan fingerprint density at radius 1 is 1.05 bits per heavy atom. The predicted octanol–water partition coefficient (Wildman–Crippen LogP) is 6.98. The van der Waals surface area contributed by atoms with Gasteiger partial charge in [-0.15, -0.1) is 0 Å². The van der Waals surface area contributed by atoms with Gasteiger partial charge < -0.3 is 10.0 Å². The summed E-state index contributed by atoms with van der Waals surface area (Å²) in [7, 11) is 2.06. The van der Waals surface area contributed by atoms with Crippen LogP contribution in [0.15, 0.2) is 60.7 Å². The van der Waals surface area contributed by atoms with Gasteiger partial charge in [-0.3, -0.25) is 14.4 Å². The number of carbonyl (C=O) groups is 1. The number of aryl methyl sites for hydroxylation is 2. The van der Waals surface area contributed by atoms with Crippen molar-refractivity contribution in [2.24, 2.45) is 11.8 Å². The van der Waals surface area contributed by atoms with Gasteiger partial charge in [-0.25, -0.2) is 0 Å². The SMILES string of the molecule is CC[C@@H](C)C(C(=O)O)N(C)[C@H]1C[C@H](CN2CCC(c3cc(Cc4ccccc4)nn3CC)CC2)[C@@H](c2cccc(C)c2)C1. The van der Waals surface area contributed by atoms with E-state index < -0.39 is 12.0 Å². The van der Waals surface area contributed by atoms with Crippen molar-refractivity contribution >= 4 is 5.97 Å². The molecule has 0 spiro atoms. The van der Waals surface area contributed by atoms with Crippen LogP contribution in [0.1, 0.15) is 92.8 Å². The minimum absolute atomic E-state index is 0.128. The van der Waals surface area contributed by atoms with Crippen molar-refractivity contribution in [2.75, 3.05) is 26.7 Å². The van der Waals surface area contributed by atoms with Crippen LogP contribution in [0.4, 0.5) is 0 Å². The van der Waals surface area contributed by atoms with Gasteiger partial charge >= 0.3 is 5.97 Å². The molecule has 1 aliphatic heterocycles. The summed E-state index contributed by atoms with van der Waals surface area (Å²) >= 11 is 0. The number of carboxylic acids is 1. The first-order valence-corrected chi connectivity index (χ1v) is 16.6. The molecular weight excluding hydrogens is 532 g/mol. The molecule has 2 aliphatic rings. The number of likely N-dealkylation sites (tertiary alicyclic amines) is 1. The Bertz CT molecular complexity index is 1330. The van der Waals surface area contributed by atoms with Gasteiger partial charge in [0.1, 0.15) is 6.04 Å². The molecule has 2 fully saturated rings. The molecule has 0 radical (unpaired) electrons. The maximum absolute atomic E-state index is 12.3. The number of aromatic nitrogens is 2. The molecule has 1 aromatic heterocycles. The molecule has 0 bridgehead atoms. The Hall–Kier alpha value is -2.96. The number of carboxylic acid groups (broad SMARTS) is 1. The number of rotatable bonds is 12. The fraction of sp³-hybridized carbons (Fsp3) is 0.568. The van der Waals surface area contributed by atoms with Crippen LogP contribution in [-0.4, -0.2) is 69.4 Å². The highest BCUT2D eigenvalue weighted by Crippen LogP contribution is 2.44. The lowest BCUT2D eigenvalue weighted by Crippen LogP contribution is -2.47. The standard InChI is InChI=1S/C37H52N4O2/c1-6-27(4)36(37(42)43)39(5)33-22-31(34(24-33)30-15-11-12-26(3)20-30)25-40-18-16-29(17-19-40)35-23-32(38-41(35)7-2)21-28-13-9-8-10-14-28/h8-15,20,23,27,29,31,33-34,36H,6-7,16-19,21-22,24-25H2,1-5H3,(H,42,43)/t27-,31-,33+,34-,36?/m1/s1. The third-order valence-corrected chi connectivity index (χ3v) is 10.5. The highest BCUT2D eigenvalue weighted by atomic mass is 16.4. The quantitative estimate of drug-likeness (QED) is 0.249. The van der Waals surface area contributed by atoms with Crippen LogP contribution < -0.4 is 0 Å². The molecule has 0 amide bonds. The third kappa shape index (κ3) is 7.41. The fourth-order valence-electron chi connectivity index (χ4n) is 7.91. The fourth-order valence-corrected chi connectivity index (χ4v) is 7.91. The Labute approximate surface area is 259 Å². The third-order valence-electron chi connectivity index (χ3n) is 10.5. The van der Waals surface area contributed by atoms with Crippen molar-refractivity contribution in [1.29, 1.82) is 0 Å². The van der Waals surface area contributed by atoms with Crippen molar-refractivity contribution in [3.63, 3.8) is 0 Å². The number of likely N-dealkylation sites (N-methyl/N-ethyl adjacent to an activating group) is 1. The average molecular weight is 585 g/mol. The highest BCUT2D eigenvalue weighted by Gasteiger charge is 2.42. The predicted molar refractivity (Wildman–Crippen MR) is 175 cm³/mol. The summed E-state index contributed by atoms with van der Waals surface area (Å²) in [5.41, 5.74) is 6.61. The first-order valence-electron chi connectivity index (χ1n) is 16.6. The van der Waals surface area contributed by atoms with E-state index in [1.54, 1.807) is 0 Å².